The van der Waals surface area contributed by atoms with Gasteiger partial charge in [0.25, 0.3) is 0 Å². The Hall–Kier alpha value is -0.340. The average Bonchev–Trinajstić information content (AvgIpc) is 2.36. The van der Waals surface area contributed by atoms with Crippen molar-refractivity contribution in [2.75, 3.05) is 0 Å². The van der Waals surface area contributed by atoms with Crippen LogP contribution in [0.5, 0.6) is 0 Å². The molecule has 0 unspecified atom stereocenters. The molecule has 1 heterocycles. The fourth-order valence-electron chi connectivity index (χ4n) is 1.09. The minimum Gasteiger partial charge on any atom is -0.385 e. The molecule has 0 aliphatic heterocycles. The molecule has 1 N–H and O–H groups in total. The molecule has 2 heteroatoms. The molecule has 0 radical (unpaired) electrons. The zero-order valence-electron chi connectivity index (χ0n) is 7.22. The minimum absolute atomic E-state index is 0.627. The summed E-state index contributed by atoms with van der Waals surface area (Å²) in [4.78, 5) is 1.10. The van der Waals surface area contributed by atoms with Crippen molar-refractivity contribution in [3.63, 3.8) is 0 Å². The summed E-state index contributed by atoms with van der Waals surface area (Å²) >= 11 is 1.63. The largest absolute Gasteiger partial charge is 0.385 e. The molecule has 0 saturated carbocycles. The number of aliphatic hydroxyl groups is 1. The van der Waals surface area contributed by atoms with Gasteiger partial charge in [0.1, 0.15) is 0 Å². The summed E-state index contributed by atoms with van der Waals surface area (Å²) in [6.45, 7) is 5.90. The number of hydrogen-bond donors (Lipinski definition) is 1. The van der Waals surface area contributed by atoms with Gasteiger partial charge in [0.05, 0.1) is 5.60 Å². The van der Waals surface area contributed by atoms with Gasteiger partial charge in [-0.3, -0.25) is 0 Å². The van der Waals surface area contributed by atoms with Crippen molar-refractivity contribution in [1.82, 2.24) is 0 Å². The summed E-state index contributed by atoms with van der Waals surface area (Å²) in [5.74, 6) is 0. The first-order valence-corrected chi connectivity index (χ1v) is 4.73. The summed E-state index contributed by atoms with van der Waals surface area (Å²) < 4.78 is 0. The van der Waals surface area contributed by atoms with Gasteiger partial charge in [-0.1, -0.05) is 6.92 Å². The number of rotatable bonds is 2. The number of aryl methyl sites for hydroxylation is 1. The average molecular weight is 170 g/mol. The second-order valence-corrected chi connectivity index (χ2v) is 3.98. The monoisotopic (exact) mass is 170 g/mol. The molecule has 0 saturated heterocycles. The molecule has 1 nitrogen and oxygen atoms in total. The van der Waals surface area contributed by atoms with E-state index in [9.17, 15) is 5.11 Å². The van der Waals surface area contributed by atoms with E-state index in [2.05, 4.69) is 0 Å². The smallest absolute Gasteiger partial charge is 0.0959 e. The van der Waals surface area contributed by atoms with Crippen molar-refractivity contribution in [3.05, 3.63) is 21.9 Å². The second kappa shape index (κ2) is 2.95. The van der Waals surface area contributed by atoms with Crippen LogP contribution in [0.3, 0.4) is 0 Å². The van der Waals surface area contributed by atoms with Crippen LogP contribution in [0, 0.1) is 6.92 Å². The third-order valence-electron chi connectivity index (χ3n) is 2.04. The lowest BCUT2D eigenvalue weighted by atomic mass is 9.99. The zero-order valence-corrected chi connectivity index (χ0v) is 8.03. The fraction of sp³-hybridized carbons (Fsp3) is 0.556. The summed E-state index contributed by atoms with van der Waals surface area (Å²) in [6.07, 6.45) is 0.772. The normalized spacial score (nSPS) is 16.4. The molecule has 0 aliphatic rings. The molecule has 0 aliphatic carbocycles. The number of thiophene rings is 1. The van der Waals surface area contributed by atoms with Gasteiger partial charge in [-0.05, 0) is 37.3 Å². The van der Waals surface area contributed by atoms with Crippen molar-refractivity contribution in [2.24, 2.45) is 0 Å². The summed E-state index contributed by atoms with van der Waals surface area (Å²) in [7, 11) is 0. The van der Waals surface area contributed by atoms with Crippen LogP contribution in [0.25, 0.3) is 0 Å². The fourth-order valence-corrected chi connectivity index (χ4v) is 2.15. The van der Waals surface area contributed by atoms with Gasteiger partial charge in [-0.15, -0.1) is 11.3 Å². The predicted molar refractivity (Wildman–Crippen MR) is 48.9 cm³/mol. The van der Waals surface area contributed by atoms with E-state index in [4.69, 9.17) is 0 Å². The molecular formula is C9H14OS. The molecule has 1 aromatic heterocycles. The first kappa shape index (κ1) is 8.75. The second-order valence-electron chi connectivity index (χ2n) is 3.06. The van der Waals surface area contributed by atoms with Crippen molar-refractivity contribution in [3.8, 4) is 0 Å². The van der Waals surface area contributed by atoms with E-state index < -0.39 is 5.60 Å². The highest BCUT2D eigenvalue weighted by atomic mass is 32.1. The maximum absolute atomic E-state index is 9.87. The van der Waals surface area contributed by atoms with Gasteiger partial charge < -0.3 is 5.11 Å². The number of hydrogen-bond acceptors (Lipinski definition) is 2. The lowest BCUT2D eigenvalue weighted by Gasteiger charge is -2.20. The first-order chi connectivity index (χ1) is 5.08. The van der Waals surface area contributed by atoms with Crippen molar-refractivity contribution in [2.45, 2.75) is 32.8 Å². The van der Waals surface area contributed by atoms with Crippen LogP contribution >= 0.6 is 11.3 Å². The van der Waals surface area contributed by atoms with Gasteiger partial charge in [0, 0.05) is 4.88 Å². The van der Waals surface area contributed by atoms with Crippen LogP contribution in [0.2, 0.25) is 0 Å². The van der Waals surface area contributed by atoms with Gasteiger partial charge in [-0.2, -0.15) is 0 Å². The standard InChI is InChI=1S/C9H14OS/c1-4-9(3,10)8-7(2)5-6-11-8/h5-6,10H,4H2,1-3H3/t9-/m0/s1. The summed E-state index contributed by atoms with van der Waals surface area (Å²) in [5.41, 5.74) is 0.569. The van der Waals surface area contributed by atoms with E-state index in [1.54, 1.807) is 11.3 Å². The molecular weight excluding hydrogens is 156 g/mol. The molecule has 62 valence electrons. The van der Waals surface area contributed by atoms with E-state index in [-0.39, 0.29) is 0 Å². The van der Waals surface area contributed by atoms with Crippen LogP contribution in [-0.4, -0.2) is 5.11 Å². The van der Waals surface area contributed by atoms with E-state index in [0.717, 1.165) is 11.3 Å². The van der Waals surface area contributed by atoms with Crippen molar-refractivity contribution in [1.29, 1.82) is 0 Å². The highest BCUT2D eigenvalue weighted by molar-refractivity contribution is 7.10. The summed E-state index contributed by atoms with van der Waals surface area (Å²) in [6, 6.07) is 2.05. The zero-order chi connectivity index (χ0) is 8.48. The highest BCUT2D eigenvalue weighted by Gasteiger charge is 2.23. The molecule has 0 aromatic carbocycles. The Morgan fingerprint density at radius 1 is 1.64 bits per heavy atom. The van der Waals surface area contributed by atoms with Crippen LogP contribution < -0.4 is 0 Å². The molecule has 0 fully saturated rings. The third kappa shape index (κ3) is 1.63. The maximum Gasteiger partial charge on any atom is 0.0959 e. The van der Waals surface area contributed by atoms with E-state index in [0.29, 0.717) is 0 Å². The first-order valence-electron chi connectivity index (χ1n) is 3.85. The van der Waals surface area contributed by atoms with Crippen molar-refractivity contribution >= 4 is 11.3 Å². The Balaban J connectivity index is 3.00. The highest BCUT2D eigenvalue weighted by Crippen LogP contribution is 2.31. The van der Waals surface area contributed by atoms with E-state index in [1.807, 2.05) is 32.2 Å². The summed E-state index contributed by atoms with van der Waals surface area (Å²) in [5, 5.41) is 11.9. The third-order valence-corrected chi connectivity index (χ3v) is 3.31. The lowest BCUT2D eigenvalue weighted by Crippen LogP contribution is -2.18. The van der Waals surface area contributed by atoms with E-state index >= 15 is 0 Å². The molecule has 1 atom stereocenters. The van der Waals surface area contributed by atoms with Gasteiger partial charge >= 0.3 is 0 Å². The topological polar surface area (TPSA) is 20.2 Å². The quantitative estimate of drug-likeness (QED) is 0.723. The van der Waals surface area contributed by atoms with Crippen LogP contribution in [-0.2, 0) is 5.60 Å². The Morgan fingerprint density at radius 2 is 2.27 bits per heavy atom. The Bertz CT molecular complexity index is 237. The molecule has 1 aromatic rings. The predicted octanol–water partition coefficient (Wildman–Crippen LogP) is 2.67. The molecule has 0 spiro atoms. The van der Waals surface area contributed by atoms with Gasteiger partial charge in [-0.25, -0.2) is 0 Å². The van der Waals surface area contributed by atoms with Gasteiger partial charge in [0.2, 0.25) is 0 Å². The van der Waals surface area contributed by atoms with Crippen molar-refractivity contribution < 1.29 is 5.11 Å². The molecule has 0 amide bonds. The SMILES string of the molecule is CC[C@](C)(O)c1sccc1C. The van der Waals surface area contributed by atoms with Gasteiger partial charge in [0.15, 0.2) is 0 Å². The molecule has 11 heavy (non-hydrogen) atoms. The Labute approximate surface area is 71.7 Å². The van der Waals surface area contributed by atoms with Crippen LogP contribution in [0.4, 0.5) is 0 Å². The molecule has 0 bridgehead atoms. The Morgan fingerprint density at radius 3 is 2.64 bits per heavy atom. The lowest BCUT2D eigenvalue weighted by molar-refractivity contribution is 0.0563. The maximum atomic E-state index is 9.87. The minimum atomic E-state index is -0.627. The van der Waals surface area contributed by atoms with Crippen LogP contribution in [0.1, 0.15) is 30.7 Å². The van der Waals surface area contributed by atoms with E-state index in [1.165, 1.54) is 5.56 Å². The van der Waals surface area contributed by atoms with Crippen LogP contribution in [0.15, 0.2) is 11.4 Å². The Kier molecular flexibility index (Phi) is 2.35. The molecule has 1 rings (SSSR count).